The normalized spacial score (nSPS) is 24.5. The molecule has 1 aromatic rings. The van der Waals surface area contributed by atoms with E-state index in [4.69, 9.17) is 5.26 Å². The Hall–Kier alpha value is -0.850. The van der Waals surface area contributed by atoms with Gasteiger partial charge in [0, 0.05) is 17.5 Å². The van der Waals surface area contributed by atoms with Crippen LogP contribution in [0.5, 0.6) is 0 Å². The molecular formula is C14H20N2S. The van der Waals surface area contributed by atoms with Crippen LogP contribution in [0.1, 0.15) is 48.8 Å². The topological polar surface area (TPSA) is 35.8 Å². The zero-order valence-corrected chi connectivity index (χ0v) is 11.2. The van der Waals surface area contributed by atoms with Crippen molar-refractivity contribution >= 4 is 11.3 Å². The van der Waals surface area contributed by atoms with Crippen LogP contribution in [0, 0.1) is 17.2 Å². The summed E-state index contributed by atoms with van der Waals surface area (Å²) in [6.45, 7) is 3.22. The van der Waals surface area contributed by atoms with Crippen molar-refractivity contribution in [1.82, 2.24) is 5.32 Å². The first-order valence-electron chi connectivity index (χ1n) is 6.55. The van der Waals surface area contributed by atoms with Crippen molar-refractivity contribution in [1.29, 1.82) is 5.26 Å². The van der Waals surface area contributed by atoms with Crippen LogP contribution in [-0.2, 0) is 6.54 Å². The summed E-state index contributed by atoms with van der Waals surface area (Å²) in [5.41, 5.74) is 0. The van der Waals surface area contributed by atoms with Gasteiger partial charge in [-0.3, -0.25) is 0 Å². The highest BCUT2D eigenvalue weighted by Gasteiger charge is 2.22. The molecule has 92 valence electrons. The first-order chi connectivity index (χ1) is 8.33. The summed E-state index contributed by atoms with van der Waals surface area (Å²) < 4.78 is 0. The van der Waals surface area contributed by atoms with Crippen molar-refractivity contribution in [3.05, 3.63) is 21.9 Å². The van der Waals surface area contributed by atoms with E-state index >= 15 is 0 Å². The largest absolute Gasteiger partial charge is 0.309 e. The Bertz CT molecular complexity index is 391. The smallest absolute Gasteiger partial charge is 0.110 e. The minimum Gasteiger partial charge on any atom is -0.309 e. The lowest BCUT2D eigenvalue weighted by molar-refractivity contribution is 0.255. The lowest BCUT2D eigenvalue weighted by Crippen LogP contribution is -2.37. The van der Waals surface area contributed by atoms with Gasteiger partial charge < -0.3 is 5.32 Å². The van der Waals surface area contributed by atoms with Crippen LogP contribution in [0.4, 0.5) is 0 Å². The third-order valence-corrected chi connectivity index (χ3v) is 4.73. The second kappa shape index (κ2) is 6.18. The Morgan fingerprint density at radius 1 is 1.41 bits per heavy atom. The molecule has 0 bridgehead atoms. The third kappa shape index (κ3) is 3.31. The van der Waals surface area contributed by atoms with E-state index in [1.807, 2.05) is 6.07 Å². The summed E-state index contributed by atoms with van der Waals surface area (Å²) in [5, 5.41) is 12.5. The maximum Gasteiger partial charge on any atom is 0.110 e. The molecule has 1 saturated carbocycles. The molecule has 2 unspecified atom stereocenters. The van der Waals surface area contributed by atoms with Crippen molar-refractivity contribution in [3.8, 4) is 6.07 Å². The average Bonchev–Trinajstić information content (AvgIpc) is 2.84. The van der Waals surface area contributed by atoms with Gasteiger partial charge in [-0.05, 0) is 30.9 Å². The SMILES string of the molecule is CCC1CCCCC1NCc1ccc(C#N)s1. The van der Waals surface area contributed by atoms with E-state index in [1.54, 1.807) is 11.3 Å². The van der Waals surface area contributed by atoms with E-state index < -0.39 is 0 Å². The van der Waals surface area contributed by atoms with Crippen molar-refractivity contribution in [2.24, 2.45) is 5.92 Å². The Balaban J connectivity index is 1.86. The molecule has 1 heterocycles. The van der Waals surface area contributed by atoms with Gasteiger partial charge in [-0.15, -0.1) is 11.3 Å². The number of nitrogens with zero attached hydrogens (tertiary/aromatic N) is 1. The summed E-state index contributed by atoms with van der Waals surface area (Å²) in [6, 6.07) is 6.86. The van der Waals surface area contributed by atoms with Crippen LogP contribution in [0.25, 0.3) is 0 Å². The molecule has 0 aromatic carbocycles. The Kier molecular flexibility index (Phi) is 4.58. The predicted octanol–water partition coefficient (Wildman–Crippen LogP) is 3.68. The standard InChI is InChI=1S/C14H20N2S/c1-2-11-5-3-4-6-14(11)16-10-13-8-7-12(9-15)17-13/h7-8,11,14,16H,2-6,10H2,1H3. The molecule has 1 aliphatic rings. The van der Waals surface area contributed by atoms with Crippen LogP contribution < -0.4 is 5.32 Å². The van der Waals surface area contributed by atoms with Gasteiger partial charge in [0.15, 0.2) is 0 Å². The highest BCUT2D eigenvalue weighted by atomic mass is 32.1. The summed E-state index contributed by atoms with van der Waals surface area (Å²) in [6.07, 6.45) is 6.74. The van der Waals surface area contributed by atoms with E-state index in [0.717, 1.165) is 17.3 Å². The molecule has 0 saturated heterocycles. The Morgan fingerprint density at radius 2 is 2.24 bits per heavy atom. The van der Waals surface area contributed by atoms with Gasteiger partial charge in [-0.25, -0.2) is 0 Å². The fourth-order valence-corrected chi connectivity index (χ4v) is 3.49. The second-order valence-corrected chi connectivity index (χ2v) is 5.99. The number of nitriles is 1. The lowest BCUT2D eigenvalue weighted by Gasteiger charge is -2.31. The van der Waals surface area contributed by atoms with Gasteiger partial charge in [0.05, 0.1) is 0 Å². The van der Waals surface area contributed by atoms with Crippen LogP contribution in [0.3, 0.4) is 0 Å². The minimum atomic E-state index is 0.682. The lowest BCUT2D eigenvalue weighted by atomic mass is 9.83. The first kappa shape index (κ1) is 12.6. The van der Waals surface area contributed by atoms with Gasteiger partial charge in [-0.1, -0.05) is 26.2 Å². The molecule has 2 rings (SSSR count). The van der Waals surface area contributed by atoms with Crippen LogP contribution in [0.15, 0.2) is 12.1 Å². The maximum atomic E-state index is 8.79. The molecule has 2 atom stereocenters. The van der Waals surface area contributed by atoms with E-state index in [-0.39, 0.29) is 0 Å². The zero-order chi connectivity index (χ0) is 12.1. The van der Waals surface area contributed by atoms with Crippen LogP contribution in [0.2, 0.25) is 0 Å². The third-order valence-electron chi connectivity index (χ3n) is 3.74. The quantitative estimate of drug-likeness (QED) is 0.882. The first-order valence-corrected chi connectivity index (χ1v) is 7.37. The molecule has 2 nitrogen and oxygen atoms in total. The number of nitrogens with one attached hydrogen (secondary N) is 1. The molecule has 0 amide bonds. The van der Waals surface area contributed by atoms with Gasteiger partial charge in [0.2, 0.25) is 0 Å². The summed E-state index contributed by atoms with van der Waals surface area (Å²) in [5.74, 6) is 0.846. The average molecular weight is 248 g/mol. The summed E-state index contributed by atoms with van der Waals surface area (Å²) >= 11 is 1.61. The predicted molar refractivity (Wildman–Crippen MR) is 71.9 cm³/mol. The molecule has 1 N–H and O–H groups in total. The highest BCUT2D eigenvalue weighted by molar-refractivity contribution is 7.12. The Morgan fingerprint density at radius 3 is 2.94 bits per heavy atom. The van der Waals surface area contributed by atoms with E-state index in [2.05, 4.69) is 24.4 Å². The van der Waals surface area contributed by atoms with Gasteiger partial charge in [-0.2, -0.15) is 5.26 Å². The monoisotopic (exact) mass is 248 g/mol. The fourth-order valence-electron chi connectivity index (χ4n) is 2.73. The Labute approximate surface area is 108 Å². The van der Waals surface area contributed by atoms with Gasteiger partial charge in [0.25, 0.3) is 0 Å². The van der Waals surface area contributed by atoms with E-state index in [9.17, 15) is 0 Å². The fraction of sp³-hybridized carbons (Fsp3) is 0.643. The molecule has 0 spiro atoms. The van der Waals surface area contributed by atoms with Crippen molar-refractivity contribution in [3.63, 3.8) is 0 Å². The van der Waals surface area contributed by atoms with Gasteiger partial charge >= 0.3 is 0 Å². The molecule has 1 fully saturated rings. The number of rotatable bonds is 4. The minimum absolute atomic E-state index is 0.682. The number of hydrogen-bond donors (Lipinski definition) is 1. The molecule has 3 heteroatoms. The summed E-state index contributed by atoms with van der Waals surface area (Å²) in [7, 11) is 0. The van der Waals surface area contributed by atoms with Crippen molar-refractivity contribution in [2.75, 3.05) is 0 Å². The van der Waals surface area contributed by atoms with E-state index in [0.29, 0.717) is 6.04 Å². The molecule has 0 radical (unpaired) electrons. The zero-order valence-electron chi connectivity index (χ0n) is 10.4. The molecular weight excluding hydrogens is 228 g/mol. The molecule has 17 heavy (non-hydrogen) atoms. The van der Waals surface area contributed by atoms with Gasteiger partial charge in [0.1, 0.15) is 10.9 Å². The molecule has 1 aromatic heterocycles. The van der Waals surface area contributed by atoms with Crippen molar-refractivity contribution < 1.29 is 0 Å². The maximum absolute atomic E-state index is 8.79. The highest BCUT2D eigenvalue weighted by Crippen LogP contribution is 2.27. The molecule has 0 aliphatic heterocycles. The van der Waals surface area contributed by atoms with Crippen LogP contribution in [-0.4, -0.2) is 6.04 Å². The second-order valence-electron chi connectivity index (χ2n) is 4.82. The van der Waals surface area contributed by atoms with E-state index in [1.165, 1.54) is 37.0 Å². The summed E-state index contributed by atoms with van der Waals surface area (Å²) in [4.78, 5) is 2.10. The number of hydrogen-bond acceptors (Lipinski definition) is 3. The molecule has 1 aliphatic carbocycles. The number of thiophene rings is 1. The van der Waals surface area contributed by atoms with Crippen LogP contribution >= 0.6 is 11.3 Å². The van der Waals surface area contributed by atoms with Crippen molar-refractivity contribution in [2.45, 2.75) is 51.6 Å².